The highest BCUT2D eigenvalue weighted by molar-refractivity contribution is 5.87. The van der Waals surface area contributed by atoms with Crippen LogP contribution in [0.2, 0.25) is 0 Å². The zero-order valence-electron chi connectivity index (χ0n) is 14.0. The lowest BCUT2D eigenvalue weighted by atomic mass is 10.1. The van der Waals surface area contributed by atoms with Crippen LogP contribution in [0.4, 0.5) is 0 Å². The molecule has 0 heterocycles. The second-order valence-electron chi connectivity index (χ2n) is 5.87. The van der Waals surface area contributed by atoms with Gasteiger partial charge in [0.05, 0.1) is 0 Å². The third-order valence-corrected chi connectivity index (χ3v) is 3.74. The van der Waals surface area contributed by atoms with Crippen LogP contribution in [-0.4, -0.2) is 23.1 Å². The van der Waals surface area contributed by atoms with Crippen molar-refractivity contribution in [3.8, 4) is 0 Å². The summed E-state index contributed by atoms with van der Waals surface area (Å²) in [4.78, 5) is 23.3. The van der Waals surface area contributed by atoms with Crippen LogP contribution in [0.3, 0.4) is 0 Å². The van der Waals surface area contributed by atoms with Gasteiger partial charge >= 0.3 is 11.9 Å². The largest absolute Gasteiger partial charge is 0.391 e. The summed E-state index contributed by atoms with van der Waals surface area (Å²) >= 11 is 0. The molecule has 1 aromatic carbocycles. The first kappa shape index (κ1) is 19.4. The number of unbranched alkanes of at least 4 members (excludes halogenated alkanes) is 6. The van der Waals surface area contributed by atoms with Gasteiger partial charge in [0.25, 0.3) is 0 Å². The molecule has 0 saturated heterocycles. The van der Waals surface area contributed by atoms with E-state index in [0.29, 0.717) is 0 Å². The number of carbonyl (C=O) groups excluding carboxylic acids is 2. The molecule has 4 heteroatoms. The predicted molar refractivity (Wildman–Crippen MR) is 89.9 cm³/mol. The Balaban J connectivity index is 2.14. The Kier molecular flexibility index (Phi) is 9.96. The summed E-state index contributed by atoms with van der Waals surface area (Å²) in [5, 5.41) is 9.79. The zero-order chi connectivity index (χ0) is 16.9. The first-order valence-corrected chi connectivity index (χ1v) is 8.60. The Bertz CT molecular complexity index is 456. The lowest BCUT2D eigenvalue weighted by Gasteiger charge is -2.09. The Hall–Kier alpha value is -1.68. The van der Waals surface area contributed by atoms with E-state index < -0.39 is 18.0 Å². The van der Waals surface area contributed by atoms with Gasteiger partial charge in [-0.1, -0.05) is 75.8 Å². The molecule has 1 aromatic rings. The third-order valence-electron chi connectivity index (χ3n) is 3.74. The number of benzene rings is 1. The standard InChI is InChI=1S/C19H28O4/c1-2-3-4-5-6-7-11-14-18(21)23-19(22)17(20)15-16-12-9-8-10-13-16/h8-10,12-13,17,20H,2-7,11,14-15H2,1H3. The van der Waals surface area contributed by atoms with E-state index in [1.54, 1.807) is 0 Å². The molecule has 0 fully saturated rings. The number of rotatable bonds is 11. The molecule has 1 atom stereocenters. The van der Waals surface area contributed by atoms with Crippen molar-refractivity contribution in [2.24, 2.45) is 0 Å². The molecule has 4 nitrogen and oxygen atoms in total. The van der Waals surface area contributed by atoms with Gasteiger partial charge in [0, 0.05) is 12.8 Å². The maximum atomic E-state index is 11.7. The summed E-state index contributed by atoms with van der Waals surface area (Å²) in [5.41, 5.74) is 0.830. The quantitative estimate of drug-likeness (QED) is 0.383. The molecular formula is C19H28O4. The summed E-state index contributed by atoms with van der Waals surface area (Å²) in [6, 6.07) is 9.16. The molecule has 0 radical (unpaired) electrons. The minimum atomic E-state index is -1.30. The van der Waals surface area contributed by atoms with Gasteiger partial charge in [-0.05, 0) is 12.0 Å². The SMILES string of the molecule is CCCCCCCCCC(=O)OC(=O)C(O)Cc1ccccc1. The average molecular weight is 320 g/mol. The number of aliphatic hydroxyl groups excluding tert-OH is 1. The average Bonchev–Trinajstić information content (AvgIpc) is 2.55. The van der Waals surface area contributed by atoms with Crippen molar-refractivity contribution in [3.05, 3.63) is 35.9 Å². The fraction of sp³-hybridized carbons (Fsp3) is 0.579. The van der Waals surface area contributed by atoms with Crippen LogP contribution in [0.15, 0.2) is 30.3 Å². The zero-order valence-corrected chi connectivity index (χ0v) is 14.0. The van der Waals surface area contributed by atoms with Crippen molar-refractivity contribution in [1.82, 2.24) is 0 Å². The van der Waals surface area contributed by atoms with Crippen molar-refractivity contribution >= 4 is 11.9 Å². The summed E-state index contributed by atoms with van der Waals surface area (Å²) in [6.07, 6.45) is 6.82. The lowest BCUT2D eigenvalue weighted by Crippen LogP contribution is -2.27. The first-order valence-electron chi connectivity index (χ1n) is 8.60. The molecule has 0 saturated carbocycles. The van der Waals surface area contributed by atoms with E-state index in [1.807, 2.05) is 30.3 Å². The van der Waals surface area contributed by atoms with Gasteiger partial charge in [0.15, 0.2) is 6.10 Å². The van der Waals surface area contributed by atoms with Crippen LogP contribution < -0.4 is 0 Å². The van der Waals surface area contributed by atoms with Gasteiger partial charge in [0.1, 0.15) is 0 Å². The molecule has 1 unspecified atom stereocenters. The van der Waals surface area contributed by atoms with Crippen molar-refractivity contribution in [1.29, 1.82) is 0 Å². The van der Waals surface area contributed by atoms with E-state index in [9.17, 15) is 14.7 Å². The minimum Gasteiger partial charge on any atom is -0.391 e. The maximum Gasteiger partial charge on any atom is 0.342 e. The number of esters is 2. The van der Waals surface area contributed by atoms with Gasteiger partial charge in [0.2, 0.25) is 0 Å². The highest BCUT2D eigenvalue weighted by Gasteiger charge is 2.20. The minimum absolute atomic E-state index is 0.157. The van der Waals surface area contributed by atoms with E-state index in [1.165, 1.54) is 25.7 Å². The lowest BCUT2D eigenvalue weighted by molar-refractivity contribution is -0.165. The molecule has 1 N–H and O–H groups in total. The molecule has 1 rings (SSSR count). The molecule has 0 bridgehead atoms. The molecule has 0 amide bonds. The molecule has 0 aromatic heterocycles. The van der Waals surface area contributed by atoms with Gasteiger partial charge in [-0.25, -0.2) is 4.79 Å². The molecule has 23 heavy (non-hydrogen) atoms. The number of carbonyl (C=O) groups is 2. The van der Waals surface area contributed by atoms with E-state index in [0.717, 1.165) is 24.8 Å². The molecule has 0 spiro atoms. The Morgan fingerprint density at radius 1 is 1.00 bits per heavy atom. The van der Waals surface area contributed by atoms with Crippen LogP contribution in [0.1, 0.15) is 63.9 Å². The normalized spacial score (nSPS) is 11.9. The number of ether oxygens (including phenoxy) is 1. The number of aliphatic hydroxyl groups is 1. The van der Waals surface area contributed by atoms with Crippen LogP contribution in [0.25, 0.3) is 0 Å². The first-order chi connectivity index (χ1) is 11.1. The molecule has 0 aliphatic carbocycles. The smallest absolute Gasteiger partial charge is 0.342 e. The topological polar surface area (TPSA) is 63.6 Å². The van der Waals surface area contributed by atoms with Crippen LogP contribution in [0, 0.1) is 0 Å². The third kappa shape index (κ3) is 9.14. The second-order valence-corrected chi connectivity index (χ2v) is 5.87. The van der Waals surface area contributed by atoms with Crippen LogP contribution in [-0.2, 0) is 20.7 Å². The van der Waals surface area contributed by atoms with Gasteiger partial charge in [-0.15, -0.1) is 0 Å². The highest BCUT2D eigenvalue weighted by atomic mass is 16.6. The van der Waals surface area contributed by atoms with E-state index in [-0.39, 0.29) is 12.8 Å². The fourth-order valence-corrected chi connectivity index (χ4v) is 2.38. The Morgan fingerprint density at radius 2 is 1.61 bits per heavy atom. The maximum absolute atomic E-state index is 11.7. The van der Waals surface area contributed by atoms with Gasteiger partial charge in [-0.3, -0.25) is 4.79 Å². The van der Waals surface area contributed by atoms with E-state index in [2.05, 4.69) is 6.92 Å². The second kappa shape index (κ2) is 11.8. The Labute approximate surface area is 138 Å². The summed E-state index contributed by atoms with van der Waals surface area (Å²) in [6.45, 7) is 2.18. The number of hydrogen-bond acceptors (Lipinski definition) is 4. The molecule has 0 aliphatic rings. The predicted octanol–water partition coefficient (Wildman–Crippen LogP) is 3.80. The summed E-state index contributed by atoms with van der Waals surface area (Å²) < 4.78 is 4.70. The number of hydrogen-bond donors (Lipinski definition) is 1. The van der Waals surface area contributed by atoms with E-state index in [4.69, 9.17) is 4.74 Å². The van der Waals surface area contributed by atoms with Crippen molar-refractivity contribution in [2.45, 2.75) is 70.8 Å². The Morgan fingerprint density at radius 3 is 2.26 bits per heavy atom. The highest BCUT2D eigenvalue weighted by Crippen LogP contribution is 2.09. The molecule has 0 aliphatic heterocycles. The van der Waals surface area contributed by atoms with Crippen LogP contribution in [0.5, 0.6) is 0 Å². The van der Waals surface area contributed by atoms with Gasteiger partial charge in [-0.2, -0.15) is 0 Å². The molecular weight excluding hydrogens is 292 g/mol. The fourth-order valence-electron chi connectivity index (χ4n) is 2.38. The monoisotopic (exact) mass is 320 g/mol. The van der Waals surface area contributed by atoms with Crippen LogP contribution >= 0.6 is 0 Å². The van der Waals surface area contributed by atoms with Crippen molar-refractivity contribution < 1.29 is 19.4 Å². The van der Waals surface area contributed by atoms with Gasteiger partial charge < -0.3 is 9.84 Å². The summed E-state index contributed by atoms with van der Waals surface area (Å²) in [5.74, 6) is -1.41. The van der Waals surface area contributed by atoms with E-state index >= 15 is 0 Å². The van der Waals surface area contributed by atoms with Crippen molar-refractivity contribution in [2.75, 3.05) is 0 Å². The summed E-state index contributed by atoms with van der Waals surface area (Å²) in [7, 11) is 0. The molecule has 128 valence electrons. The van der Waals surface area contributed by atoms with Crippen molar-refractivity contribution in [3.63, 3.8) is 0 Å².